The first-order chi connectivity index (χ1) is 21.3. The molecule has 0 atom stereocenters. The van der Waals surface area contributed by atoms with Gasteiger partial charge in [-0.25, -0.2) is 0 Å². The second kappa shape index (κ2) is 9.59. The van der Waals surface area contributed by atoms with Gasteiger partial charge in [0.05, 0.1) is 0 Å². The lowest BCUT2D eigenvalue weighted by molar-refractivity contribution is 0.670. The molecule has 202 valence electrons. The summed E-state index contributed by atoms with van der Waals surface area (Å²) in [6.45, 7) is 0. The molecule has 9 aromatic rings. The van der Waals surface area contributed by atoms with Gasteiger partial charge in [0.2, 0.25) is 0 Å². The Labute approximate surface area is 252 Å². The van der Waals surface area contributed by atoms with Crippen molar-refractivity contribution in [2.24, 2.45) is 0 Å². The van der Waals surface area contributed by atoms with Crippen LogP contribution in [0.3, 0.4) is 0 Å². The third-order valence-electron chi connectivity index (χ3n) is 8.45. The maximum absolute atomic E-state index is 6.34. The molecule has 0 saturated carbocycles. The molecule has 0 aliphatic rings. The molecule has 2 nitrogen and oxygen atoms in total. The van der Waals surface area contributed by atoms with E-state index in [2.05, 4.69) is 144 Å². The summed E-state index contributed by atoms with van der Waals surface area (Å²) >= 11 is 1.86. The number of fused-ring (bicyclic) bond motifs is 8. The van der Waals surface area contributed by atoms with E-state index < -0.39 is 0 Å². The molecule has 2 heterocycles. The van der Waals surface area contributed by atoms with Crippen molar-refractivity contribution in [2.75, 3.05) is 4.90 Å². The Morgan fingerprint density at radius 1 is 0.465 bits per heavy atom. The van der Waals surface area contributed by atoms with Gasteiger partial charge in [-0.15, -0.1) is 11.3 Å². The molecule has 0 radical (unpaired) electrons. The van der Waals surface area contributed by atoms with Gasteiger partial charge >= 0.3 is 0 Å². The molecular formula is C40H25NOS. The van der Waals surface area contributed by atoms with E-state index in [9.17, 15) is 0 Å². The molecule has 0 bridgehead atoms. The van der Waals surface area contributed by atoms with E-state index in [4.69, 9.17) is 4.42 Å². The average Bonchev–Trinajstić information content (AvgIpc) is 3.64. The predicted molar refractivity (Wildman–Crippen MR) is 184 cm³/mol. The number of nitrogens with zero attached hydrogens (tertiary/aromatic N) is 1. The van der Waals surface area contributed by atoms with Crippen LogP contribution in [-0.4, -0.2) is 0 Å². The van der Waals surface area contributed by atoms with Crippen LogP contribution in [0.2, 0.25) is 0 Å². The SMILES string of the molecule is c1ccc(N(c2ccc(-c3cccc4c3oc3ccccc34)cc2)c2ccc3c(ccc4sc5ccccc5c43)c2)cc1. The number of benzene rings is 7. The summed E-state index contributed by atoms with van der Waals surface area (Å²) in [5.41, 5.74) is 7.43. The Bertz CT molecular complexity index is 2450. The van der Waals surface area contributed by atoms with Crippen molar-refractivity contribution in [3.8, 4) is 11.1 Å². The zero-order valence-electron chi connectivity index (χ0n) is 23.2. The minimum atomic E-state index is 0.917. The summed E-state index contributed by atoms with van der Waals surface area (Å²) in [4.78, 5) is 2.33. The highest BCUT2D eigenvalue weighted by Gasteiger charge is 2.16. The lowest BCUT2D eigenvalue weighted by Crippen LogP contribution is -2.09. The zero-order chi connectivity index (χ0) is 28.3. The Kier molecular flexibility index (Phi) is 5.40. The molecule has 0 spiro atoms. The molecule has 43 heavy (non-hydrogen) atoms. The number of para-hydroxylation sites is 3. The van der Waals surface area contributed by atoms with Crippen LogP contribution in [0.1, 0.15) is 0 Å². The van der Waals surface area contributed by atoms with Crippen molar-refractivity contribution in [2.45, 2.75) is 0 Å². The van der Waals surface area contributed by atoms with Crippen molar-refractivity contribution in [1.82, 2.24) is 0 Å². The van der Waals surface area contributed by atoms with Crippen LogP contribution >= 0.6 is 11.3 Å². The van der Waals surface area contributed by atoms with Crippen LogP contribution in [0.5, 0.6) is 0 Å². The van der Waals surface area contributed by atoms with E-state index in [1.807, 2.05) is 23.5 Å². The first kappa shape index (κ1) is 24.2. The second-order valence-corrected chi connectivity index (χ2v) is 12.0. The average molecular weight is 568 g/mol. The van der Waals surface area contributed by atoms with Crippen molar-refractivity contribution < 1.29 is 4.42 Å². The fourth-order valence-electron chi connectivity index (χ4n) is 6.47. The largest absolute Gasteiger partial charge is 0.455 e. The van der Waals surface area contributed by atoms with Gasteiger partial charge in [0.15, 0.2) is 0 Å². The van der Waals surface area contributed by atoms with Crippen LogP contribution in [-0.2, 0) is 0 Å². The molecule has 0 amide bonds. The Morgan fingerprint density at radius 3 is 2.07 bits per heavy atom. The summed E-state index contributed by atoms with van der Waals surface area (Å²) in [5.74, 6) is 0. The number of thiophene rings is 1. The number of furan rings is 1. The van der Waals surface area contributed by atoms with E-state index in [-0.39, 0.29) is 0 Å². The molecule has 0 unspecified atom stereocenters. The van der Waals surface area contributed by atoms with Gasteiger partial charge in [-0.1, -0.05) is 97.1 Å². The summed E-state index contributed by atoms with van der Waals surface area (Å²) in [7, 11) is 0. The van der Waals surface area contributed by atoms with Gasteiger partial charge in [-0.2, -0.15) is 0 Å². The van der Waals surface area contributed by atoms with Gasteiger partial charge in [0, 0.05) is 53.6 Å². The van der Waals surface area contributed by atoms with Gasteiger partial charge < -0.3 is 9.32 Å². The highest BCUT2D eigenvalue weighted by molar-refractivity contribution is 7.26. The van der Waals surface area contributed by atoms with Crippen molar-refractivity contribution in [1.29, 1.82) is 0 Å². The molecule has 0 fully saturated rings. The Balaban J connectivity index is 1.17. The third-order valence-corrected chi connectivity index (χ3v) is 9.59. The predicted octanol–water partition coefficient (Wildman–Crippen LogP) is 12.2. The van der Waals surface area contributed by atoms with Crippen LogP contribution in [0, 0.1) is 0 Å². The quantitative estimate of drug-likeness (QED) is 0.210. The maximum Gasteiger partial charge on any atom is 0.143 e. The molecule has 0 saturated heterocycles. The van der Waals surface area contributed by atoms with E-state index in [0.717, 1.165) is 50.1 Å². The summed E-state index contributed by atoms with van der Waals surface area (Å²) in [6.07, 6.45) is 0. The van der Waals surface area contributed by atoms with Gasteiger partial charge in [-0.3, -0.25) is 0 Å². The van der Waals surface area contributed by atoms with Crippen LogP contribution in [0.15, 0.2) is 156 Å². The van der Waals surface area contributed by atoms with E-state index >= 15 is 0 Å². The van der Waals surface area contributed by atoms with Gasteiger partial charge in [-0.05, 0) is 70.9 Å². The van der Waals surface area contributed by atoms with E-state index in [1.165, 1.54) is 30.9 Å². The standard InChI is InChI=1S/C40H25NOS/c1-2-9-28(10-3-1)41(30-22-23-31-27(25-30)19-24-38-39(31)35-12-5-7-16-37(35)43-38)29-20-17-26(18-21-29)32-13-8-14-34-33-11-4-6-15-36(33)42-40(32)34/h1-25H. The molecule has 0 aliphatic heterocycles. The molecule has 2 aromatic heterocycles. The monoisotopic (exact) mass is 567 g/mol. The molecule has 0 N–H and O–H groups in total. The lowest BCUT2D eigenvalue weighted by atomic mass is 10.0. The van der Waals surface area contributed by atoms with Gasteiger partial charge in [0.1, 0.15) is 11.2 Å². The van der Waals surface area contributed by atoms with Crippen LogP contribution < -0.4 is 4.90 Å². The Hall–Kier alpha value is -5.38. The second-order valence-electron chi connectivity index (χ2n) is 10.9. The normalized spacial score (nSPS) is 11.7. The van der Waals surface area contributed by atoms with Crippen molar-refractivity contribution >= 4 is 81.3 Å². The first-order valence-electron chi connectivity index (χ1n) is 14.5. The molecule has 9 rings (SSSR count). The zero-order valence-corrected chi connectivity index (χ0v) is 24.0. The van der Waals surface area contributed by atoms with Crippen LogP contribution in [0.4, 0.5) is 17.1 Å². The number of rotatable bonds is 4. The number of anilines is 3. The lowest BCUT2D eigenvalue weighted by Gasteiger charge is -2.26. The van der Waals surface area contributed by atoms with E-state index in [0.29, 0.717) is 0 Å². The first-order valence-corrected chi connectivity index (χ1v) is 15.3. The Morgan fingerprint density at radius 2 is 1.19 bits per heavy atom. The number of hydrogen-bond acceptors (Lipinski definition) is 3. The topological polar surface area (TPSA) is 16.4 Å². The fraction of sp³-hybridized carbons (Fsp3) is 0. The number of hydrogen-bond donors (Lipinski definition) is 0. The molecule has 3 heteroatoms. The molecule has 7 aromatic carbocycles. The van der Waals surface area contributed by atoms with Crippen molar-refractivity contribution in [3.05, 3.63) is 152 Å². The molecular weight excluding hydrogens is 543 g/mol. The minimum Gasteiger partial charge on any atom is -0.455 e. The maximum atomic E-state index is 6.34. The smallest absolute Gasteiger partial charge is 0.143 e. The van der Waals surface area contributed by atoms with Crippen LogP contribution in [0.25, 0.3) is 64.0 Å². The summed E-state index contributed by atoms with van der Waals surface area (Å²) < 4.78 is 9.00. The summed E-state index contributed by atoms with van der Waals surface area (Å²) in [5, 5.41) is 7.50. The highest BCUT2D eigenvalue weighted by Crippen LogP contribution is 2.42. The third kappa shape index (κ3) is 3.86. The molecule has 0 aliphatic carbocycles. The highest BCUT2D eigenvalue weighted by atomic mass is 32.1. The van der Waals surface area contributed by atoms with E-state index in [1.54, 1.807) is 0 Å². The minimum absolute atomic E-state index is 0.917. The fourth-order valence-corrected chi connectivity index (χ4v) is 7.59. The van der Waals surface area contributed by atoms with Gasteiger partial charge in [0.25, 0.3) is 0 Å². The summed E-state index contributed by atoms with van der Waals surface area (Å²) in [6, 6.07) is 54.2. The van der Waals surface area contributed by atoms with Crippen molar-refractivity contribution in [3.63, 3.8) is 0 Å².